The molecule has 1 nitrogen and oxygen atoms in total. The molecule has 0 saturated carbocycles. The summed E-state index contributed by atoms with van der Waals surface area (Å²) in [5, 5.41) is -0.545. The van der Waals surface area contributed by atoms with Gasteiger partial charge < -0.3 is 0 Å². The van der Waals surface area contributed by atoms with Crippen LogP contribution in [0.2, 0.25) is 5.02 Å². The Bertz CT molecular complexity index is 340. The maximum atomic E-state index is 12.9. The van der Waals surface area contributed by atoms with Crippen LogP contribution in [0.15, 0.2) is 12.1 Å². The number of rotatable bonds is 1. The van der Waals surface area contributed by atoms with Crippen LogP contribution in [0.1, 0.15) is 10.4 Å². The van der Waals surface area contributed by atoms with E-state index in [0.717, 1.165) is 6.07 Å². The molecule has 5 heteroatoms. The van der Waals surface area contributed by atoms with Crippen molar-refractivity contribution in [3.8, 4) is 0 Å². The molecule has 0 unspecified atom stereocenters. The molecule has 0 radical (unpaired) electrons. The third-order valence-corrected chi connectivity index (χ3v) is 2.95. The van der Waals surface area contributed by atoms with Crippen LogP contribution in [0.3, 0.4) is 0 Å². The number of hydrogen-bond donors (Lipinski definition) is 0. The fraction of sp³-hybridized carbons (Fsp3) is 0. The first-order chi connectivity index (χ1) is 5.52. The van der Waals surface area contributed by atoms with Gasteiger partial charge in [-0.1, -0.05) is 11.6 Å². The summed E-state index contributed by atoms with van der Waals surface area (Å²) in [5.41, 5.74) is -0.148. The van der Waals surface area contributed by atoms with Crippen molar-refractivity contribution in [2.75, 3.05) is 0 Å². The average Bonchev–Trinajstić information content (AvgIpc) is 1.96. The third kappa shape index (κ3) is 2.08. The zero-order valence-electron chi connectivity index (χ0n) is 5.57. The van der Waals surface area contributed by atoms with Crippen molar-refractivity contribution in [2.45, 2.75) is 0 Å². The first kappa shape index (κ1) is 10.2. The maximum absolute atomic E-state index is 12.9. The fourth-order valence-corrected chi connectivity index (χ4v) is 1.44. The van der Waals surface area contributed by atoms with Crippen LogP contribution in [0.5, 0.6) is 0 Å². The van der Waals surface area contributed by atoms with E-state index in [1.165, 1.54) is 6.07 Å². The lowest BCUT2D eigenvalue weighted by Gasteiger charge is -1.99. The Hall–Kier alpha value is 0.130. The van der Waals surface area contributed by atoms with E-state index < -0.39 is 11.1 Å². The van der Waals surface area contributed by atoms with Crippen LogP contribution in [-0.4, -0.2) is 5.24 Å². The minimum absolute atomic E-state index is 0.148. The van der Waals surface area contributed by atoms with E-state index in [-0.39, 0.29) is 10.6 Å². The van der Waals surface area contributed by atoms with Crippen molar-refractivity contribution in [2.24, 2.45) is 0 Å². The highest BCUT2D eigenvalue weighted by Gasteiger charge is 2.11. The van der Waals surface area contributed by atoms with Crippen molar-refractivity contribution in [3.63, 3.8) is 0 Å². The Morgan fingerprint density at radius 3 is 2.58 bits per heavy atom. The van der Waals surface area contributed by atoms with Gasteiger partial charge in [-0.15, -0.1) is 0 Å². The second-order valence-electron chi connectivity index (χ2n) is 2.02. The van der Waals surface area contributed by atoms with E-state index in [4.69, 9.17) is 23.2 Å². The van der Waals surface area contributed by atoms with Crippen LogP contribution in [0.4, 0.5) is 4.39 Å². The van der Waals surface area contributed by atoms with Crippen molar-refractivity contribution >= 4 is 51.0 Å². The van der Waals surface area contributed by atoms with Crippen LogP contribution in [0, 0.1) is 9.39 Å². The quantitative estimate of drug-likeness (QED) is 0.440. The molecule has 1 aromatic carbocycles. The van der Waals surface area contributed by atoms with Gasteiger partial charge in [0.1, 0.15) is 5.82 Å². The molecule has 0 fully saturated rings. The first-order valence-electron chi connectivity index (χ1n) is 2.86. The fourth-order valence-electron chi connectivity index (χ4n) is 0.673. The second kappa shape index (κ2) is 3.89. The molecule has 0 spiro atoms. The molecule has 0 aliphatic rings. The van der Waals surface area contributed by atoms with Gasteiger partial charge in [-0.25, -0.2) is 4.39 Å². The van der Waals surface area contributed by atoms with Crippen LogP contribution < -0.4 is 0 Å². The SMILES string of the molecule is O=C(Cl)c1cc(I)c(Cl)cc1F. The Morgan fingerprint density at radius 1 is 1.50 bits per heavy atom. The number of carbonyl (C=O) groups excluding carboxylic acids is 1. The molecule has 1 aromatic rings. The summed E-state index contributed by atoms with van der Waals surface area (Å²) < 4.78 is 13.5. The third-order valence-electron chi connectivity index (χ3n) is 1.22. The molecule has 1 rings (SSSR count). The smallest absolute Gasteiger partial charge is 0.255 e. The molecule has 64 valence electrons. The summed E-state index contributed by atoms with van der Waals surface area (Å²) in [7, 11) is 0. The van der Waals surface area contributed by atoms with E-state index in [1.807, 2.05) is 22.6 Å². The normalized spacial score (nSPS) is 10.0. The zero-order chi connectivity index (χ0) is 9.30. The lowest BCUT2D eigenvalue weighted by molar-refractivity contribution is 0.107. The molecular weight excluding hydrogens is 317 g/mol. The summed E-state index contributed by atoms with van der Waals surface area (Å²) in [4.78, 5) is 10.6. The van der Waals surface area contributed by atoms with E-state index in [9.17, 15) is 9.18 Å². The molecule has 12 heavy (non-hydrogen) atoms. The summed E-state index contributed by atoms with van der Waals surface area (Å²) in [6.45, 7) is 0. The van der Waals surface area contributed by atoms with Crippen LogP contribution in [-0.2, 0) is 0 Å². The standard InChI is InChI=1S/C7H2Cl2FIO/c8-4-2-5(10)3(7(9)12)1-6(4)11/h1-2H. The number of halogens is 4. The minimum atomic E-state index is -0.818. The molecule has 0 N–H and O–H groups in total. The predicted octanol–water partition coefficient (Wildman–Crippen LogP) is 3.46. The van der Waals surface area contributed by atoms with Crippen molar-refractivity contribution in [3.05, 3.63) is 32.1 Å². The molecule has 0 aromatic heterocycles. The van der Waals surface area contributed by atoms with Gasteiger partial charge in [-0.05, 0) is 46.3 Å². The van der Waals surface area contributed by atoms with E-state index in [0.29, 0.717) is 3.57 Å². The lowest BCUT2D eigenvalue weighted by atomic mass is 10.2. The van der Waals surface area contributed by atoms with Crippen molar-refractivity contribution in [1.29, 1.82) is 0 Å². The van der Waals surface area contributed by atoms with E-state index >= 15 is 0 Å². The monoisotopic (exact) mass is 318 g/mol. The Kier molecular flexibility index (Phi) is 3.31. The van der Waals surface area contributed by atoms with Crippen molar-refractivity contribution in [1.82, 2.24) is 0 Å². The van der Waals surface area contributed by atoms with Gasteiger partial charge >= 0.3 is 0 Å². The molecule has 0 heterocycles. The molecule has 0 bridgehead atoms. The maximum Gasteiger partial charge on any atom is 0.255 e. The summed E-state index contributed by atoms with van der Waals surface area (Å²) in [5.74, 6) is -0.694. The summed E-state index contributed by atoms with van der Waals surface area (Å²) in [6.07, 6.45) is 0. The summed E-state index contributed by atoms with van der Waals surface area (Å²) in [6, 6.07) is 2.38. The molecular formula is C7H2Cl2FIO. The molecule has 0 atom stereocenters. The second-order valence-corrected chi connectivity index (χ2v) is 3.93. The first-order valence-corrected chi connectivity index (χ1v) is 4.70. The van der Waals surface area contributed by atoms with Gasteiger partial charge in [0.2, 0.25) is 0 Å². The highest BCUT2D eigenvalue weighted by Crippen LogP contribution is 2.23. The van der Waals surface area contributed by atoms with Crippen molar-refractivity contribution < 1.29 is 9.18 Å². The number of carbonyl (C=O) groups is 1. The number of hydrogen-bond acceptors (Lipinski definition) is 1. The predicted molar refractivity (Wildman–Crippen MR) is 54.3 cm³/mol. The molecule has 0 aliphatic carbocycles. The summed E-state index contributed by atoms with van der Waals surface area (Å²) >= 11 is 12.6. The highest BCUT2D eigenvalue weighted by molar-refractivity contribution is 14.1. The van der Waals surface area contributed by atoms with Gasteiger partial charge in [0.25, 0.3) is 5.24 Å². The average molecular weight is 319 g/mol. The Labute approximate surface area is 92.0 Å². The molecule has 0 aliphatic heterocycles. The van der Waals surface area contributed by atoms with Gasteiger partial charge in [0.15, 0.2) is 0 Å². The van der Waals surface area contributed by atoms with Gasteiger partial charge in [0, 0.05) is 3.57 Å². The molecule has 0 amide bonds. The highest BCUT2D eigenvalue weighted by atomic mass is 127. The van der Waals surface area contributed by atoms with Gasteiger partial charge in [-0.3, -0.25) is 4.79 Å². The lowest BCUT2D eigenvalue weighted by Crippen LogP contribution is -1.95. The zero-order valence-corrected chi connectivity index (χ0v) is 9.24. The van der Waals surface area contributed by atoms with Crippen LogP contribution in [0.25, 0.3) is 0 Å². The molecule has 0 saturated heterocycles. The van der Waals surface area contributed by atoms with E-state index in [2.05, 4.69) is 0 Å². The largest absolute Gasteiger partial charge is 0.275 e. The topological polar surface area (TPSA) is 17.1 Å². The Morgan fingerprint density at radius 2 is 2.08 bits per heavy atom. The van der Waals surface area contributed by atoms with Gasteiger partial charge in [0.05, 0.1) is 10.6 Å². The minimum Gasteiger partial charge on any atom is -0.275 e. The van der Waals surface area contributed by atoms with E-state index in [1.54, 1.807) is 0 Å². The van der Waals surface area contributed by atoms with Gasteiger partial charge in [-0.2, -0.15) is 0 Å². The van der Waals surface area contributed by atoms with Crippen LogP contribution >= 0.6 is 45.8 Å². The number of benzene rings is 1. The Balaban J connectivity index is 3.33.